The normalized spacial score (nSPS) is 29.8. The third kappa shape index (κ3) is 6.71. The molecule has 1 saturated heterocycles. The van der Waals surface area contributed by atoms with Crippen molar-refractivity contribution in [1.29, 1.82) is 0 Å². The number of nitrogens with zero attached hydrogens (tertiary/aromatic N) is 2. The number of cyclic esters (lactones) is 1. The average molecular weight is 579 g/mol. The van der Waals surface area contributed by atoms with E-state index in [0.29, 0.717) is 30.6 Å². The number of aliphatic hydroxyl groups is 1. The van der Waals surface area contributed by atoms with Gasteiger partial charge in [-0.05, 0) is 64.2 Å². The van der Waals surface area contributed by atoms with Crippen LogP contribution in [0.5, 0.6) is 0 Å². The first-order valence-corrected chi connectivity index (χ1v) is 14.7. The highest BCUT2D eigenvalue weighted by molar-refractivity contribution is 5.94. The number of Topliss-reactive ketones (excluding diaryl/α,β-unsaturated/α-hetero) is 1. The molecule has 10 nitrogen and oxygen atoms in total. The number of rotatable bonds is 2. The number of aromatic nitrogens is 1. The lowest BCUT2D eigenvalue weighted by Gasteiger charge is -2.35. The van der Waals surface area contributed by atoms with Crippen LogP contribution in [-0.2, 0) is 23.9 Å². The molecule has 0 aliphatic carbocycles. The Bertz CT molecular complexity index is 1390. The fraction of sp³-hybridized carbons (Fsp3) is 0.531. The van der Waals surface area contributed by atoms with Gasteiger partial charge in [0.1, 0.15) is 24.0 Å². The predicted molar refractivity (Wildman–Crippen MR) is 158 cm³/mol. The van der Waals surface area contributed by atoms with Crippen LogP contribution in [0.15, 0.2) is 36.4 Å². The lowest BCUT2D eigenvalue weighted by Crippen LogP contribution is -2.59. The second kappa shape index (κ2) is 12.7. The fourth-order valence-electron chi connectivity index (χ4n) is 5.31. The number of hydrazine groups is 1. The van der Waals surface area contributed by atoms with Crippen molar-refractivity contribution in [3.63, 3.8) is 0 Å². The number of amides is 2. The minimum Gasteiger partial charge on any atom is -0.455 e. The zero-order valence-corrected chi connectivity index (χ0v) is 25.2. The molecule has 2 amide bonds. The molecule has 6 atom stereocenters. The number of hydrogen-bond acceptors (Lipinski definition) is 8. The van der Waals surface area contributed by atoms with Gasteiger partial charge in [0.05, 0.1) is 22.7 Å². The third-order valence-corrected chi connectivity index (χ3v) is 8.55. The molecule has 5 bridgehead atoms. The van der Waals surface area contributed by atoms with E-state index in [-0.39, 0.29) is 18.1 Å². The van der Waals surface area contributed by atoms with Crippen LogP contribution in [-0.4, -0.2) is 63.4 Å². The van der Waals surface area contributed by atoms with E-state index in [1.807, 2.05) is 44.2 Å². The predicted octanol–water partition coefficient (Wildman–Crippen LogP) is 3.48. The number of pyridine rings is 1. The first kappa shape index (κ1) is 31.3. The SMILES string of the molecule is CC(C)[C@@H]1CC(=O)C(C)(C(C)O)/C=C/c2ccc3ccc(nc3c2)[C@@H](C)OC(=O)[C@@H]2CCCN(N2)C(=O)[C@H](C)NC1=O. The van der Waals surface area contributed by atoms with Crippen molar-refractivity contribution in [2.75, 3.05) is 6.54 Å². The molecular formula is C32H42N4O6. The molecule has 3 N–H and O–H groups in total. The van der Waals surface area contributed by atoms with Crippen molar-refractivity contribution in [1.82, 2.24) is 20.7 Å². The van der Waals surface area contributed by atoms with Crippen molar-refractivity contribution in [3.8, 4) is 0 Å². The molecular weight excluding hydrogens is 536 g/mol. The summed E-state index contributed by atoms with van der Waals surface area (Å²) in [4.78, 5) is 58.1. The smallest absolute Gasteiger partial charge is 0.325 e. The molecule has 2 aromatic rings. The zero-order chi connectivity index (χ0) is 30.8. The molecule has 2 unspecified atom stereocenters. The first-order chi connectivity index (χ1) is 19.8. The highest BCUT2D eigenvalue weighted by Crippen LogP contribution is 2.32. The maximum Gasteiger partial charge on any atom is 0.325 e. The molecule has 1 aromatic heterocycles. The Morgan fingerprint density at radius 3 is 2.50 bits per heavy atom. The second-order valence-electron chi connectivity index (χ2n) is 12.1. The largest absolute Gasteiger partial charge is 0.455 e. The summed E-state index contributed by atoms with van der Waals surface area (Å²) in [5, 5.41) is 15.7. The van der Waals surface area contributed by atoms with E-state index in [4.69, 9.17) is 9.72 Å². The van der Waals surface area contributed by atoms with Crippen LogP contribution in [0, 0.1) is 17.3 Å². The summed E-state index contributed by atoms with van der Waals surface area (Å²) in [5.74, 6) is -2.49. The summed E-state index contributed by atoms with van der Waals surface area (Å²) in [5.41, 5.74) is 3.76. The van der Waals surface area contributed by atoms with Gasteiger partial charge in [0.2, 0.25) is 5.91 Å². The van der Waals surface area contributed by atoms with Gasteiger partial charge < -0.3 is 15.2 Å². The molecule has 1 aromatic carbocycles. The quantitative estimate of drug-likeness (QED) is 0.461. The minimum atomic E-state index is -1.26. The van der Waals surface area contributed by atoms with Gasteiger partial charge in [0, 0.05) is 24.3 Å². The van der Waals surface area contributed by atoms with E-state index in [9.17, 15) is 24.3 Å². The maximum atomic E-state index is 13.7. The maximum absolute atomic E-state index is 13.7. The highest BCUT2D eigenvalue weighted by atomic mass is 16.5. The Labute approximate surface area is 246 Å². The summed E-state index contributed by atoms with van der Waals surface area (Å²) in [7, 11) is 0. The van der Waals surface area contributed by atoms with Gasteiger partial charge in [0.25, 0.3) is 5.91 Å². The number of ketones is 1. The Morgan fingerprint density at radius 1 is 1.10 bits per heavy atom. The van der Waals surface area contributed by atoms with Gasteiger partial charge in [-0.1, -0.05) is 44.2 Å². The molecule has 2 aliphatic rings. The minimum absolute atomic E-state index is 0.105. The second-order valence-corrected chi connectivity index (χ2v) is 12.1. The number of carbonyl (C=O) groups is 4. The van der Waals surface area contributed by atoms with Crippen LogP contribution >= 0.6 is 0 Å². The van der Waals surface area contributed by atoms with E-state index >= 15 is 0 Å². The summed E-state index contributed by atoms with van der Waals surface area (Å²) < 4.78 is 5.75. The lowest BCUT2D eigenvalue weighted by atomic mass is 9.75. The summed E-state index contributed by atoms with van der Waals surface area (Å²) in [6, 6.07) is 7.79. The van der Waals surface area contributed by atoms with Crippen LogP contribution in [0.3, 0.4) is 0 Å². The molecule has 10 heteroatoms. The molecule has 4 rings (SSSR count). The Morgan fingerprint density at radius 2 is 1.81 bits per heavy atom. The standard InChI is InChI=1S/C32H42N4O6/c1-18(2)24-17-28(38)32(6,21(5)37)14-13-22-9-10-23-11-12-25(34-27(23)16-22)20(4)42-31(41)26-8-7-15-36(35-26)30(40)19(3)33-29(24)39/h9-14,16,18-21,24,26,35,37H,7-8,15,17H2,1-6H3,(H,33,39)/b14-13+/t19-,20+,21?,24-,26-,32?/m0/s1. The van der Waals surface area contributed by atoms with Gasteiger partial charge in [-0.25, -0.2) is 10.4 Å². The molecule has 0 spiro atoms. The number of nitrogens with one attached hydrogen (secondary N) is 2. The van der Waals surface area contributed by atoms with Gasteiger partial charge in [-0.3, -0.25) is 24.2 Å². The van der Waals surface area contributed by atoms with Crippen molar-refractivity contribution < 1.29 is 29.0 Å². The Kier molecular flexibility index (Phi) is 9.47. The number of fused-ring (bicyclic) bond motifs is 4. The van der Waals surface area contributed by atoms with E-state index in [1.165, 1.54) is 5.01 Å². The molecule has 226 valence electrons. The van der Waals surface area contributed by atoms with Gasteiger partial charge in [-0.2, -0.15) is 0 Å². The number of benzene rings is 1. The van der Waals surface area contributed by atoms with Crippen LogP contribution < -0.4 is 10.7 Å². The van der Waals surface area contributed by atoms with E-state index in [2.05, 4.69) is 10.7 Å². The average Bonchev–Trinajstić information content (AvgIpc) is 2.96. The summed E-state index contributed by atoms with van der Waals surface area (Å²) >= 11 is 0. The number of aliphatic hydroxyl groups excluding tert-OH is 1. The van der Waals surface area contributed by atoms with Crippen LogP contribution in [0.1, 0.15) is 78.2 Å². The lowest BCUT2D eigenvalue weighted by molar-refractivity contribution is -0.157. The van der Waals surface area contributed by atoms with E-state index in [1.54, 1.807) is 39.8 Å². The molecule has 2 aliphatic heterocycles. The molecule has 3 heterocycles. The van der Waals surface area contributed by atoms with E-state index < -0.39 is 53.4 Å². The highest BCUT2D eigenvalue weighted by Gasteiger charge is 2.39. The van der Waals surface area contributed by atoms with Crippen molar-refractivity contribution >= 4 is 40.5 Å². The zero-order valence-electron chi connectivity index (χ0n) is 25.2. The van der Waals surface area contributed by atoms with Crippen molar-refractivity contribution in [3.05, 3.63) is 47.7 Å². The van der Waals surface area contributed by atoms with Gasteiger partial charge in [0.15, 0.2) is 0 Å². The van der Waals surface area contributed by atoms with Gasteiger partial charge >= 0.3 is 5.97 Å². The Balaban J connectivity index is 1.75. The molecule has 0 saturated carbocycles. The van der Waals surface area contributed by atoms with Crippen LogP contribution in [0.2, 0.25) is 0 Å². The third-order valence-electron chi connectivity index (χ3n) is 8.55. The number of hydrogen-bond donors (Lipinski definition) is 3. The Hall–Kier alpha value is -3.63. The first-order valence-electron chi connectivity index (χ1n) is 14.7. The molecule has 1 fully saturated rings. The molecule has 42 heavy (non-hydrogen) atoms. The number of carbonyl (C=O) groups excluding carboxylic acids is 4. The molecule has 0 radical (unpaired) electrons. The number of ether oxygens (including phenoxy) is 1. The van der Waals surface area contributed by atoms with Crippen molar-refractivity contribution in [2.24, 2.45) is 17.3 Å². The van der Waals surface area contributed by atoms with Gasteiger partial charge in [-0.15, -0.1) is 0 Å². The summed E-state index contributed by atoms with van der Waals surface area (Å²) in [6.45, 7) is 10.6. The monoisotopic (exact) mass is 578 g/mol. The van der Waals surface area contributed by atoms with Crippen LogP contribution in [0.4, 0.5) is 0 Å². The van der Waals surface area contributed by atoms with Crippen molar-refractivity contribution in [2.45, 2.75) is 85.1 Å². The van der Waals surface area contributed by atoms with Crippen LogP contribution in [0.25, 0.3) is 17.0 Å². The summed E-state index contributed by atoms with van der Waals surface area (Å²) in [6.07, 6.45) is 2.78. The fourth-order valence-corrected chi connectivity index (χ4v) is 5.31. The van der Waals surface area contributed by atoms with E-state index in [0.717, 1.165) is 10.9 Å². The number of esters is 1. The topological polar surface area (TPSA) is 138 Å².